The van der Waals surface area contributed by atoms with Crippen molar-refractivity contribution in [3.8, 4) is 0 Å². The topological polar surface area (TPSA) is 50.2 Å². The van der Waals surface area contributed by atoms with Crippen LogP contribution in [0.15, 0.2) is 35.4 Å². The van der Waals surface area contributed by atoms with Crippen LogP contribution >= 0.6 is 11.8 Å². The van der Waals surface area contributed by atoms with E-state index in [1.807, 2.05) is 42.3 Å². The van der Waals surface area contributed by atoms with Crippen LogP contribution in [0.25, 0.3) is 0 Å². The van der Waals surface area contributed by atoms with Crippen molar-refractivity contribution in [3.05, 3.63) is 42.0 Å². The minimum absolute atomic E-state index is 0.0614. The van der Waals surface area contributed by atoms with Crippen molar-refractivity contribution in [1.29, 1.82) is 0 Å². The predicted molar refractivity (Wildman–Crippen MR) is 93.8 cm³/mol. The molecule has 2 aromatic rings. The number of imidazole rings is 1. The second kappa shape index (κ2) is 6.66. The SMILES string of the molecule is Cc1cn2c(n1)CN(C(=O)Nc1ccccc1SC(C)C)CC2. The molecule has 0 fully saturated rings. The van der Waals surface area contributed by atoms with E-state index in [4.69, 9.17) is 0 Å². The maximum absolute atomic E-state index is 12.6. The average Bonchev–Trinajstić information content (AvgIpc) is 2.87. The lowest BCUT2D eigenvalue weighted by molar-refractivity contribution is 0.195. The first-order chi connectivity index (χ1) is 11.0. The summed E-state index contributed by atoms with van der Waals surface area (Å²) in [5.74, 6) is 0.953. The fraction of sp³-hybridized carbons (Fsp3) is 0.412. The highest BCUT2D eigenvalue weighted by molar-refractivity contribution is 8.00. The molecule has 0 spiro atoms. The zero-order valence-electron chi connectivity index (χ0n) is 13.7. The van der Waals surface area contributed by atoms with Crippen molar-refractivity contribution in [1.82, 2.24) is 14.5 Å². The molecule has 1 aliphatic heterocycles. The fourth-order valence-corrected chi connectivity index (χ4v) is 3.60. The van der Waals surface area contributed by atoms with E-state index >= 15 is 0 Å². The summed E-state index contributed by atoms with van der Waals surface area (Å²) in [6.45, 7) is 8.33. The van der Waals surface area contributed by atoms with Crippen LogP contribution in [0.3, 0.4) is 0 Å². The monoisotopic (exact) mass is 330 g/mol. The summed E-state index contributed by atoms with van der Waals surface area (Å²) < 4.78 is 2.13. The third kappa shape index (κ3) is 3.69. The number of benzene rings is 1. The van der Waals surface area contributed by atoms with Gasteiger partial charge in [-0.1, -0.05) is 26.0 Å². The number of aromatic nitrogens is 2. The van der Waals surface area contributed by atoms with E-state index in [2.05, 4.69) is 28.7 Å². The summed E-state index contributed by atoms with van der Waals surface area (Å²) in [4.78, 5) is 20.0. The Kier molecular flexibility index (Phi) is 4.61. The Bertz CT molecular complexity index is 710. The molecule has 0 unspecified atom stereocenters. The molecule has 0 radical (unpaired) electrons. The Balaban J connectivity index is 1.71. The Morgan fingerprint density at radius 3 is 2.87 bits per heavy atom. The van der Waals surface area contributed by atoms with Gasteiger partial charge in [0.25, 0.3) is 0 Å². The zero-order valence-corrected chi connectivity index (χ0v) is 14.6. The molecule has 0 saturated heterocycles. The van der Waals surface area contributed by atoms with Gasteiger partial charge in [0.15, 0.2) is 0 Å². The average molecular weight is 330 g/mol. The number of nitrogens with one attached hydrogen (secondary N) is 1. The lowest BCUT2D eigenvalue weighted by Crippen LogP contribution is -2.40. The van der Waals surface area contributed by atoms with Crippen LogP contribution < -0.4 is 5.32 Å². The molecule has 1 N–H and O–H groups in total. The normalized spacial score (nSPS) is 14.0. The van der Waals surface area contributed by atoms with Crippen LogP contribution in [0, 0.1) is 6.92 Å². The summed E-state index contributed by atoms with van der Waals surface area (Å²) in [6, 6.07) is 7.89. The third-order valence-corrected chi connectivity index (χ3v) is 4.78. The van der Waals surface area contributed by atoms with Gasteiger partial charge >= 0.3 is 6.03 Å². The molecule has 1 aliphatic rings. The molecule has 1 aromatic heterocycles. The van der Waals surface area contributed by atoms with Gasteiger partial charge in [-0.2, -0.15) is 0 Å². The van der Waals surface area contributed by atoms with Gasteiger partial charge in [-0.15, -0.1) is 11.8 Å². The number of anilines is 1. The van der Waals surface area contributed by atoms with E-state index in [1.54, 1.807) is 11.8 Å². The largest absolute Gasteiger partial charge is 0.331 e. The minimum atomic E-state index is -0.0614. The molecular weight excluding hydrogens is 308 g/mol. The van der Waals surface area contributed by atoms with Gasteiger partial charge in [0, 0.05) is 29.4 Å². The van der Waals surface area contributed by atoms with Gasteiger partial charge in [0.1, 0.15) is 5.82 Å². The molecule has 0 aliphatic carbocycles. The van der Waals surface area contributed by atoms with Crippen LogP contribution in [0.1, 0.15) is 25.4 Å². The van der Waals surface area contributed by atoms with E-state index in [9.17, 15) is 4.79 Å². The van der Waals surface area contributed by atoms with E-state index in [0.29, 0.717) is 18.3 Å². The Morgan fingerprint density at radius 2 is 2.09 bits per heavy atom. The highest BCUT2D eigenvalue weighted by Gasteiger charge is 2.22. The van der Waals surface area contributed by atoms with Gasteiger partial charge in [-0.25, -0.2) is 9.78 Å². The standard InChI is InChI=1S/C17H22N4OS/c1-12(2)23-15-7-5-4-6-14(15)19-17(22)21-9-8-20-10-13(3)18-16(20)11-21/h4-7,10,12H,8-9,11H2,1-3H3,(H,19,22). The van der Waals surface area contributed by atoms with Gasteiger partial charge in [-0.05, 0) is 19.1 Å². The summed E-state index contributed by atoms with van der Waals surface area (Å²) in [6.07, 6.45) is 2.04. The zero-order chi connectivity index (χ0) is 16.4. The Hall–Kier alpha value is -1.95. The van der Waals surface area contributed by atoms with Crippen LogP contribution in [0.4, 0.5) is 10.5 Å². The number of carbonyl (C=O) groups is 1. The molecule has 122 valence electrons. The number of nitrogens with zero attached hydrogens (tertiary/aromatic N) is 3. The third-order valence-electron chi connectivity index (χ3n) is 3.70. The van der Waals surface area contributed by atoms with E-state index < -0.39 is 0 Å². The van der Waals surface area contributed by atoms with Crippen molar-refractivity contribution in [2.24, 2.45) is 0 Å². The van der Waals surface area contributed by atoms with Crippen molar-refractivity contribution in [2.75, 3.05) is 11.9 Å². The van der Waals surface area contributed by atoms with Gasteiger partial charge in [0.2, 0.25) is 0 Å². The van der Waals surface area contributed by atoms with E-state index in [-0.39, 0.29) is 6.03 Å². The summed E-state index contributed by atoms with van der Waals surface area (Å²) in [7, 11) is 0. The summed E-state index contributed by atoms with van der Waals surface area (Å²) >= 11 is 1.76. The number of fused-ring (bicyclic) bond motifs is 1. The second-order valence-corrected chi connectivity index (χ2v) is 7.62. The fourth-order valence-electron chi connectivity index (χ4n) is 2.69. The van der Waals surface area contributed by atoms with Crippen LogP contribution in [-0.4, -0.2) is 32.3 Å². The molecule has 3 rings (SSSR count). The van der Waals surface area contributed by atoms with Crippen LogP contribution in [-0.2, 0) is 13.1 Å². The number of carbonyl (C=O) groups excluding carboxylic acids is 1. The molecular formula is C17H22N4OS. The number of urea groups is 1. The number of hydrogen-bond donors (Lipinski definition) is 1. The lowest BCUT2D eigenvalue weighted by Gasteiger charge is -2.28. The molecule has 23 heavy (non-hydrogen) atoms. The molecule has 0 saturated carbocycles. The molecule has 1 aromatic carbocycles. The smallest absolute Gasteiger partial charge is 0.322 e. The van der Waals surface area contributed by atoms with E-state index in [0.717, 1.165) is 28.6 Å². The Labute approximate surface area is 141 Å². The molecule has 6 heteroatoms. The lowest BCUT2D eigenvalue weighted by atomic mass is 10.3. The molecule has 5 nitrogen and oxygen atoms in total. The van der Waals surface area contributed by atoms with Crippen LogP contribution in [0.5, 0.6) is 0 Å². The van der Waals surface area contributed by atoms with E-state index in [1.165, 1.54) is 0 Å². The number of rotatable bonds is 3. The minimum Gasteiger partial charge on any atom is -0.331 e. The molecule has 0 bridgehead atoms. The number of thioether (sulfide) groups is 1. The maximum Gasteiger partial charge on any atom is 0.322 e. The number of para-hydroxylation sites is 1. The first-order valence-electron chi connectivity index (χ1n) is 7.87. The highest BCUT2D eigenvalue weighted by Crippen LogP contribution is 2.30. The number of aryl methyl sites for hydroxylation is 1. The first kappa shape index (κ1) is 15.9. The van der Waals surface area contributed by atoms with Crippen LogP contribution in [0.2, 0.25) is 0 Å². The van der Waals surface area contributed by atoms with Gasteiger partial charge < -0.3 is 14.8 Å². The maximum atomic E-state index is 12.6. The summed E-state index contributed by atoms with van der Waals surface area (Å²) in [5, 5.41) is 3.52. The summed E-state index contributed by atoms with van der Waals surface area (Å²) in [5.41, 5.74) is 1.88. The Morgan fingerprint density at radius 1 is 1.30 bits per heavy atom. The number of amides is 2. The first-order valence-corrected chi connectivity index (χ1v) is 8.75. The van der Waals surface area contributed by atoms with Gasteiger partial charge in [0.05, 0.1) is 17.9 Å². The van der Waals surface area contributed by atoms with Crippen molar-refractivity contribution >= 4 is 23.5 Å². The highest BCUT2D eigenvalue weighted by atomic mass is 32.2. The van der Waals surface area contributed by atoms with Crippen molar-refractivity contribution < 1.29 is 4.79 Å². The molecule has 0 atom stereocenters. The van der Waals surface area contributed by atoms with Crippen molar-refractivity contribution in [3.63, 3.8) is 0 Å². The second-order valence-electron chi connectivity index (χ2n) is 6.01. The quantitative estimate of drug-likeness (QED) is 0.872. The predicted octanol–water partition coefficient (Wildman–Crippen LogP) is 3.74. The molecule has 2 amide bonds. The van der Waals surface area contributed by atoms with Crippen molar-refractivity contribution in [2.45, 2.75) is 44.0 Å². The molecule has 2 heterocycles. The number of hydrogen-bond acceptors (Lipinski definition) is 3. The van der Waals surface area contributed by atoms with Gasteiger partial charge in [-0.3, -0.25) is 0 Å².